The summed E-state index contributed by atoms with van der Waals surface area (Å²) >= 11 is 3.42. The van der Waals surface area contributed by atoms with E-state index in [1.807, 2.05) is 13.2 Å². The van der Waals surface area contributed by atoms with E-state index in [-0.39, 0.29) is 0 Å². The smallest absolute Gasteiger partial charge is 0.123 e. The summed E-state index contributed by atoms with van der Waals surface area (Å²) in [6.45, 7) is 3.88. The lowest BCUT2D eigenvalue weighted by Gasteiger charge is -2.04. The first-order valence-corrected chi connectivity index (χ1v) is 4.43. The van der Waals surface area contributed by atoms with Crippen LogP contribution in [-0.4, -0.2) is 16.6 Å². The Morgan fingerprint density at radius 3 is 3.00 bits per heavy atom. The molecule has 11 heavy (non-hydrogen) atoms. The zero-order valence-corrected chi connectivity index (χ0v) is 8.35. The molecule has 62 valence electrons. The third-order valence-corrected chi connectivity index (χ3v) is 2.17. The first-order chi connectivity index (χ1) is 5.29. The molecule has 4 heteroatoms. The van der Waals surface area contributed by atoms with Crippen LogP contribution in [0.3, 0.4) is 0 Å². The molecule has 3 nitrogen and oxygen atoms in total. The molecule has 1 rings (SSSR count). The Morgan fingerprint density at radius 1 is 1.73 bits per heavy atom. The van der Waals surface area contributed by atoms with Crippen molar-refractivity contribution in [3.63, 3.8) is 0 Å². The molecule has 0 saturated carbocycles. The minimum absolute atomic E-state index is 0.819. The van der Waals surface area contributed by atoms with E-state index in [9.17, 15) is 0 Å². The van der Waals surface area contributed by atoms with Gasteiger partial charge >= 0.3 is 0 Å². The first-order valence-electron chi connectivity index (χ1n) is 3.64. The van der Waals surface area contributed by atoms with Gasteiger partial charge < -0.3 is 9.88 Å². The minimum atomic E-state index is 0.819. The highest BCUT2D eigenvalue weighted by atomic mass is 79.9. The van der Waals surface area contributed by atoms with E-state index in [2.05, 4.69) is 37.7 Å². The lowest BCUT2D eigenvalue weighted by Crippen LogP contribution is -2.11. The first kappa shape index (κ1) is 8.74. The van der Waals surface area contributed by atoms with Gasteiger partial charge in [-0.2, -0.15) is 0 Å². The number of halogens is 1. The number of hydrogen-bond acceptors (Lipinski definition) is 2. The summed E-state index contributed by atoms with van der Waals surface area (Å²) in [4.78, 5) is 4.23. The molecule has 0 atom stereocenters. The molecule has 1 aromatic rings. The second-order valence-corrected chi connectivity index (χ2v) is 3.08. The van der Waals surface area contributed by atoms with Crippen LogP contribution in [0.1, 0.15) is 12.7 Å². The molecule has 1 N–H and O–H groups in total. The third-order valence-electron chi connectivity index (χ3n) is 1.54. The van der Waals surface area contributed by atoms with Crippen LogP contribution in [0.5, 0.6) is 0 Å². The molecule has 0 unspecified atom stereocenters. The Kier molecular flexibility index (Phi) is 3.08. The Morgan fingerprint density at radius 2 is 2.45 bits per heavy atom. The predicted molar refractivity (Wildman–Crippen MR) is 48.4 cm³/mol. The Bertz CT molecular complexity index is 232. The molecule has 1 heterocycles. The highest BCUT2D eigenvalue weighted by Gasteiger charge is 2.03. The Labute approximate surface area is 74.9 Å². The number of aromatic nitrogens is 2. The van der Waals surface area contributed by atoms with Crippen molar-refractivity contribution in [2.45, 2.75) is 20.0 Å². The van der Waals surface area contributed by atoms with Crippen LogP contribution >= 0.6 is 15.9 Å². The van der Waals surface area contributed by atoms with Gasteiger partial charge in [-0.3, -0.25) is 0 Å². The van der Waals surface area contributed by atoms with Crippen LogP contribution in [0.2, 0.25) is 0 Å². The average molecular weight is 218 g/mol. The summed E-state index contributed by atoms with van der Waals surface area (Å²) in [5.74, 6) is 1.07. The molecule has 0 amide bonds. The van der Waals surface area contributed by atoms with Gasteiger partial charge in [0, 0.05) is 6.54 Å². The van der Waals surface area contributed by atoms with E-state index < -0.39 is 0 Å². The maximum atomic E-state index is 4.23. The van der Waals surface area contributed by atoms with Crippen LogP contribution in [-0.2, 0) is 13.1 Å². The summed E-state index contributed by atoms with van der Waals surface area (Å²) in [6.07, 6.45) is 1.83. The van der Waals surface area contributed by atoms with Crippen molar-refractivity contribution >= 4 is 15.9 Å². The van der Waals surface area contributed by atoms with Gasteiger partial charge in [-0.05, 0) is 29.9 Å². The number of hydrogen-bond donors (Lipinski definition) is 1. The van der Waals surface area contributed by atoms with Crippen LogP contribution in [0, 0.1) is 0 Å². The van der Waals surface area contributed by atoms with Gasteiger partial charge in [0.25, 0.3) is 0 Å². The average Bonchev–Trinajstić information content (AvgIpc) is 2.33. The Balaban J connectivity index is 2.86. The monoisotopic (exact) mass is 217 g/mol. The summed E-state index contributed by atoms with van der Waals surface area (Å²) in [5, 5.41) is 3.07. The predicted octanol–water partition coefficient (Wildman–Crippen LogP) is 1.38. The molecular formula is C7H12BrN3. The Hall–Kier alpha value is -0.350. The maximum Gasteiger partial charge on any atom is 0.123 e. The normalized spacial score (nSPS) is 10.5. The van der Waals surface area contributed by atoms with E-state index in [1.54, 1.807) is 0 Å². The van der Waals surface area contributed by atoms with E-state index in [0.717, 1.165) is 23.5 Å². The van der Waals surface area contributed by atoms with Crippen molar-refractivity contribution in [1.82, 2.24) is 14.9 Å². The van der Waals surface area contributed by atoms with Crippen molar-refractivity contribution in [3.05, 3.63) is 16.6 Å². The molecule has 0 fully saturated rings. The molecule has 0 aliphatic carbocycles. The van der Waals surface area contributed by atoms with Crippen LogP contribution in [0.25, 0.3) is 0 Å². The molecule has 1 aromatic heterocycles. The fourth-order valence-electron chi connectivity index (χ4n) is 1.02. The van der Waals surface area contributed by atoms with E-state index in [0.29, 0.717) is 0 Å². The lowest BCUT2D eigenvalue weighted by atomic mass is 10.5. The fraction of sp³-hybridized carbons (Fsp3) is 0.571. The molecule has 0 saturated heterocycles. The van der Waals surface area contributed by atoms with Gasteiger partial charge in [-0.25, -0.2) is 4.98 Å². The second-order valence-electron chi connectivity index (χ2n) is 2.27. The van der Waals surface area contributed by atoms with Gasteiger partial charge in [0.05, 0.1) is 12.7 Å². The standard InChI is InChI=1S/C7H12BrN3/c1-3-11-6(8)4-10-7(11)5-9-2/h4,9H,3,5H2,1-2H3. The van der Waals surface area contributed by atoms with Gasteiger partial charge in [-0.15, -0.1) is 0 Å². The van der Waals surface area contributed by atoms with Crippen molar-refractivity contribution in [2.24, 2.45) is 0 Å². The molecule has 0 aliphatic heterocycles. The highest BCUT2D eigenvalue weighted by molar-refractivity contribution is 9.10. The largest absolute Gasteiger partial charge is 0.322 e. The molecule has 0 aromatic carbocycles. The highest BCUT2D eigenvalue weighted by Crippen LogP contribution is 2.11. The van der Waals surface area contributed by atoms with Crippen LogP contribution in [0.4, 0.5) is 0 Å². The number of nitrogens with zero attached hydrogens (tertiary/aromatic N) is 2. The topological polar surface area (TPSA) is 29.9 Å². The summed E-state index contributed by atoms with van der Waals surface area (Å²) in [5.41, 5.74) is 0. The van der Waals surface area contributed by atoms with Crippen molar-refractivity contribution in [2.75, 3.05) is 7.05 Å². The summed E-state index contributed by atoms with van der Waals surface area (Å²) in [6, 6.07) is 0. The minimum Gasteiger partial charge on any atom is -0.322 e. The van der Waals surface area contributed by atoms with E-state index in [4.69, 9.17) is 0 Å². The summed E-state index contributed by atoms with van der Waals surface area (Å²) < 4.78 is 3.17. The zero-order chi connectivity index (χ0) is 8.27. The fourth-order valence-corrected chi connectivity index (χ4v) is 1.58. The number of nitrogens with one attached hydrogen (secondary N) is 1. The summed E-state index contributed by atoms with van der Waals surface area (Å²) in [7, 11) is 1.92. The van der Waals surface area contributed by atoms with Crippen molar-refractivity contribution in [1.29, 1.82) is 0 Å². The van der Waals surface area contributed by atoms with Crippen LogP contribution in [0.15, 0.2) is 10.8 Å². The second kappa shape index (κ2) is 3.88. The van der Waals surface area contributed by atoms with Gasteiger partial charge in [0.15, 0.2) is 0 Å². The van der Waals surface area contributed by atoms with E-state index in [1.165, 1.54) is 0 Å². The lowest BCUT2D eigenvalue weighted by molar-refractivity contribution is 0.648. The van der Waals surface area contributed by atoms with Gasteiger partial charge in [-0.1, -0.05) is 0 Å². The maximum absolute atomic E-state index is 4.23. The van der Waals surface area contributed by atoms with Gasteiger partial charge in [0.1, 0.15) is 10.4 Å². The molecule has 0 aliphatic rings. The molecule has 0 bridgehead atoms. The number of imidazole rings is 1. The van der Waals surface area contributed by atoms with E-state index >= 15 is 0 Å². The third kappa shape index (κ3) is 1.81. The van der Waals surface area contributed by atoms with Crippen LogP contribution < -0.4 is 5.32 Å². The number of rotatable bonds is 3. The zero-order valence-electron chi connectivity index (χ0n) is 6.76. The SMILES string of the molecule is CCn1c(Br)cnc1CNC. The van der Waals surface area contributed by atoms with Gasteiger partial charge in [0.2, 0.25) is 0 Å². The quantitative estimate of drug-likeness (QED) is 0.830. The molecule has 0 radical (unpaired) electrons. The molecule has 0 spiro atoms. The van der Waals surface area contributed by atoms with Crippen molar-refractivity contribution in [3.8, 4) is 0 Å². The molecular weight excluding hydrogens is 206 g/mol. The van der Waals surface area contributed by atoms with Crippen molar-refractivity contribution < 1.29 is 0 Å².